The van der Waals surface area contributed by atoms with E-state index in [1.165, 1.54) is 0 Å². The predicted molar refractivity (Wildman–Crippen MR) is 94.0 cm³/mol. The van der Waals surface area contributed by atoms with Gasteiger partial charge in [-0.15, -0.1) is 0 Å². The second-order valence-electron chi connectivity index (χ2n) is 7.10. The summed E-state index contributed by atoms with van der Waals surface area (Å²) in [5, 5.41) is 0. The minimum Gasteiger partial charge on any atom is -0.334 e. The Morgan fingerprint density at radius 2 is 1.30 bits per heavy atom. The summed E-state index contributed by atoms with van der Waals surface area (Å²) in [6, 6.07) is 0. The average molecular weight is 317 g/mol. The van der Waals surface area contributed by atoms with Crippen LogP contribution >= 0.6 is 0 Å². The maximum absolute atomic E-state index is 4.57. The van der Waals surface area contributed by atoms with Crippen LogP contribution in [-0.2, 0) is 26.2 Å². The van der Waals surface area contributed by atoms with Gasteiger partial charge in [-0.3, -0.25) is 4.90 Å². The van der Waals surface area contributed by atoms with E-state index in [-0.39, 0.29) is 5.54 Å². The SMILES string of the molecule is CCCn1ccnc1CN(Cc1nccn1CCC)C(C)(C)C. The van der Waals surface area contributed by atoms with Gasteiger partial charge in [0.05, 0.1) is 13.1 Å². The molecule has 5 heteroatoms. The van der Waals surface area contributed by atoms with Crippen molar-refractivity contribution in [2.24, 2.45) is 0 Å². The van der Waals surface area contributed by atoms with E-state index in [4.69, 9.17) is 0 Å². The molecule has 0 aliphatic rings. The van der Waals surface area contributed by atoms with Crippen LogP contribution in [0.1, 0.15) is 59.1 Å². The van der Waals surface area contributed by atoms with Crippen LogP contribution in [0.4, 0.5) is 0 Å². The molecule has 0 amide bonds. The van der Waals surface area contributed by atoms with E-state index in [0.717, 1.165) is 50.7 Å². The third kappa shape index (κ3) is 4.67. The van der Waals surface area contributed by atoms with Gasteiger partial charge in [0, 0.05) is 43.4 Å². The summed E-state index contributed by atoms with van der Waals surface area (Å²) in [5.41, 5.74) is 0.0615. The van der Waals surface area contributed by atoms with E-state index in [0.29, 0.717) is 0 Å². The molecule has 0 fully saturated rings. The smallest absolute Gasteiger partial charge is 0.122 e. The van der Waals surface area contributed by atoms with Crippen LogP contribution in [0.15, 0.2) is 24.8 Å². The van der Waals surface area contributed by atoms with Gasteiger partial charge in [-0.25, -0.2) is 9.97 Å². The molecule has 2 aromatic heterocycles. The summed E-state index contributed by atoms with van der Waals surface area (Å²) in [4.78, 5) is 11.6. The lowest BCUT2D eigenvalue weighted by Crippen LogP contribution is -2.41. The molecular weight excluding hydrogens is 286 g/mol. The number of hydrogen-bond acceptors (Lipinski definition) is 3. The molecule has 2 aromatic rings. The lowest BCUT2D eigenvalue weighted by molar-refractivity contribution is 0.108. The van der Waals surface area contributed by atoms with Crippen molar-refractivity contribution >= 4 is 0 Å². The normalized spacial score (nSPS) is 12.3. The molecule has 0 bridgehead atoms. The lowest BCUT2D eigenvalue weighted by Gasteiger charge is -2.35. The van der Waals surface area contributed by atoms with Crippen molar-refractivity contribution in [1.82, 2.24) is 24.0 Å². The molecule has 2 rings (SSSR count). The second kappa shape index (κ2) is 7.77. The molecule has 23 heavy (non-hydrogen) atoms. The number of aromatic nitrogens is 4. The first-order chi connectivity index (χ1) is 11.0. The summed E-state index contributed by atoms with van der Waals surface area (Å²) in [7, 11) is 0. The van der Waals surface area contributed by atoms with E-state index >= 15 is 0 Å². The molecule has 0 radical (unpaired) electrons. The van der Waals surface area contributed by atoms with Gasteiger partial charge in [0.1, 0.15) is 11.6 Å². The Hall–Kier alpha value is -1.62. The van der Waals surface area contributed by atoms with Crippen molar-refractivity contribution in [2.75, 3.05) is 0 Å². The highest BCUT2D eigenvalue weighted by atomic mass is 15.2. The van der Waals surface area contributed by atoms with Crippen LogP contribution < -0.4 is 0 Å². The van der Waals surface area contributed by atoms with Gasteiger partial charge < -0.3 is 9.13 Å². The van der Waals surface area contributed by atoms with Gasteiger partial charge in [-0.2, -0.15) is 0 Å². The Morgan fingerprint density at radius 1 is 0.870 bits per heavy atom. The third-order valence-electron chi connectivity index (χ3n) is 4.15. The van der Waals surface area contributed by atoms with E-state index < -0.39 is 0 Å². The summed E-state index contributed by atoms with van der Waals surface area (Å²) in [5.74, 6) is 2.27. The first-order valence-electron chi connectivity index (χ1n) is 8.70. The Balaban J connectivity index is 2.17. The van der Waals surface area contributed by atoms with Crippen molar-refractivity contribution in [3.05, 3.63) is 36.4 Å². The molecule has 0 saturated heterocycles. The highest BCUT2D eigenvalue weighted by molar-refractivity contribution is 4.98. The fourth-order valence-electron chi connectivity index (χ4n) is 2.74. The van der Waals surface area contributed by atoms with Gasteiger partial charge >= 0.3 is 0 Å². The zero-order valence-electron chi connectivity index (χ0n) is 15.3. The molecule has 0 unspecified atom stereocenters. The molecule has 0 N–H and O–H groups in total. The largest absolute Gasteiger partial charge is 0.334 e. The van der Waals surface area contributed by atoms with E-state index in [9.17, 15) is 0 Å². The van der Waals surface area contributed by atoms with E-state index in [1.807, 2.05) is 12.4 Å². The lowest BCUT2D eigenvalue weighted by atomic mass is 10.1. The maximum Gasteiger partial charge on any atom is 0.122 e. The third-order valence-corrected chi connectivity index (χ3v) is 4.15. The minimum atomic E-state index is 0.0615. The maximum atomic E-state index is 4.57. The van der Waals surface area contributed by atoms with Gasteiger partial charge in [-0.05, 0) is 33.6 Å². The number of rotatable bonds is 8. The van der Waals surface area contributed by atoms with Gasteiger partial charge in [0.25, 0.3) is 0 Å². The van der Waals surface area contributed by atoms with Crippen molar-refractivity contribution in [1.29, 1.82) is 0 Å². The van der Waals surface area contributed by atoms with Gasteiger partial charge in [0.15, 0.2) is 0 Å². The fourth-order valence-corrected chi connectivity index (χ4v) is 2.74. The molecule has 0 saturated carbocycles. The fraction of sp³-hybridized carbons (Fsp3) is 0.667. The Morgan fingerprint density at radius 3 is 1.65 bits per heavy atom. The Bertz CT molecular complexity index is 544. The summed E-state index contributed by atoms with van der Waals surface area (Å²) < 4.78 is 4.52. The number of aryl methyl sites for hydroxylation is 2. The first-order valence-corrected chi connectivity index (χ1v) is 8.70. The monoisotopic (exact) mass is 317 g/mol. The van der Waals surface area contributed by atoms with Crippen LogP contribution in [0, 0.1) is 0 Å². The number of nitrogens with zero attached hydrogens (tertiary/aromatic N) is 5. The van der Waals surface area contributed by atoms with Crippen molar-refractivity contribution in [3.8, 4) is 0 Å². The summed E-state index contributed by atoms with van der Waals surface area (Å²) >= 11 is 0. The summed E-state index contributed by atoms with van der Waals surface area (Å²) in [6.07, 6.45) is 10.2. The topological polar surface area (TPSA) is 38.9 Å². The van der Waals surface area contributed by atoms with Gasteiger partial charge in [-0.1, -0.05) is 13.8 Å². The zero-order valence-corrected chi connectivity index (χ0v) is 15.3. The second-order valence-corrected chi connectivity index (χ2v) is 7.10. The standard InChI is InChI=1S/C18H31N5/c1-6-10-21-12-8-19-16(21)14-23(18(3,4)5)15-17-20-9-13-22(17)11-7-2/h8-9,12-13H,6-7,10-11,14-15H2,1-5H3. The van der Waals surface area contributed by atoms with Crippen LogP contribution in [0.3, 0.4) is 0 Å². The molecule has 0 aromatic carbocycles. The van der Waals surface area contributed by atoms with Crippen LogP contribution in [0.25, 0.3) is 0 Å². The van der Waals surface area contributed by atoms with Gasteiger partial charge in [0.2, 0.25) is 0 Å². The number of hydrogen-bond donors (Lipinski definition) is 0. The molecule has 0 atom stereocenters. The Kier molecular flexibility index (Phi) is 5.99. The van der Waals surface area contributed by atoms with Crippen molar-refractivity contribution in [3.63, 3.8) is 0 Å². The zero-order chi connectivity index (χ0) is 16.9. The average Bonchev–Trinajstić information content (AvgIpc) is 3.09. The van der Waals surface area contributed by atoms with E-state index in [1.54, 1.807) is 0 Å². The molecule has 128 valence electrons. The molecule has 2 heterocycles. The van der Waals surface area contributed by atoms with E-state index in [2.05, 4.69) is 71.0 Å². The first kappa shape index (κ1) is 17.7. The minimum absolute atomic E-state index is 0.0615. The Labute approximate surface area is 140 Å². The molecule has 0 spiro atoms. The number of imidazole rings is 2. The highest BCUT2D eigenvalue weighted by Gasteiger charge is 2.24. The molecule has 5 nitrogen and oxygen atoms in total. The summed E-state index contributed by atoms with van der Waals surface area (Å²) in [6.45, 7) is 14.9. The van der Waals surface area contributed by atoms with Crippen LogP contribution in [-0.4, -0.2) is 29.5 Å². The predicted octanol–water partition coefficient (Wildman–Crippen LogP) is 3.70. The van der Waals surface area contributed by atoms with Crippen molar-refractivity contribution in [2.45, 2.75) is 79.2 Å². The quantitative estimate of drug-likeness (QED) is 0.745. The van der Waals surface area contributed by atoms with Crippen LogP contribution in [0.5, 0.6) is 0 Å². The molecular formula is C18H31N5. The molecule has 0 aliphatic heterocycles. The molecule has 0 aliphatic carbocycles. The van der Waals surface area contributed by atoms with Crippen molar-refractivity contribution < 1.29 is 0 Å². The van der Waals surface area contributed by atoms with Crippen LogP contribution in [0.2, 0.25) is 0 Å². The highest BCUT2D eigenvalue weighted by Crippen LogP contribution is 2.20.